The number of nitrogens with one attached hydrogen (secondary N) is 1. The molecule has 0 spiro atoms. The quantitative estimate of drug-likeness (QED) is 0.810. The van der Waals surface area contributed by atoms with E-state index in [1.54, 1.807) is 6.26 Å². The highest BCUT2D eigenvalue weighted by Crippen LogP contribution is 2.48. The number of hydrogen-bond acceptors (Lipinski definition) is 4. The van der Waals surface area contributed by atoms with Crippen molar-refractivity contribution in [3.63, 3.8) is 0 Å². The predicted molar refractivity (Wildman–Crippen MR) is 61.6 cm³/mol. The number of ether oxygens (including phenoxy) is 1. The molecule has 5 nitrogen and oxygen atoms in total. The first-order valence-corrected chi connectivity index (χ1v) is 6.21. The van der Waals surface area contributed by atoms with Crippen LogP contribution in [0.25, 0.3) is 0 Å². The highest BCUT2D eigenvalue weighted by atomic mass is 16.5. The monoisotopic (exact) mass is 249 g/mol. The van der Waals surface area contributed by atoms with E-state index in [2.05, 4.69) is 5.32 Å². The van der Waals surface area contributed by atoms with Crippen molar-refractivity contribution in [3.05, 3.63) is 24.2 Å². The Bertz CT molecular complexity index is 454. The zero-order valence-electron chi connectivity index (χ0n) is 9.93. The molecule has 2 aliphatic rings. The van der Waals surface area contributed by atoms with E-state index in [9.17, 15) is 9.59 Å². The lowest BCUT2D eigenvalue weighted by molar-refractivity contribution is -0.146. The van der Waals surface area contributed by atoms with Gasteiger partial charge < -0.3 is 14.5 Å². The molecule has 5 heteroatoms. The molecule has 0 radical (unpaired) electrons. The molecule has 0 bridgehead atoms. The summed E-state index contributed by atoms with van der Waals surface area (Å²) in [5.74, 6) is 0.959. The number of carbonyl (C=O) groups is 2. The lowest BCUT2D eigenvalue weighted by atomic mass is 10.1. The highest BCUT2D eigenvalue weighted by Gasteiger charge is 2.47. The molecule has 96 valence electrons. The van der Waals surface area contributed by atoms with Crippen molar-refractivity contribution in [3.8, 4) is 0 Å². The van der Waals surface area contributed by atoms with Gasteiger partial charge in [0.2, 0.25) is 5.91 Å². The molecule has 18 heavy (non-hydrogen) atoms. The third-order valence-electron chi connectivity index (χ3n) is 3.53. The molecule has 2 heterocycles. The number of carbonyl (C=O) groups excluding carboxylic acids is 2. The lowest BCUT2D eigenvalue weighted by Crippen LogP contribution is -2.18. The molecular formula is C13H15NO4. The number of rotatable bonds is 4. The van der Waals surface area contributed by atoms with Gasteiger partial charge in [0.05, 0.1) is 18.8 Å². The van der Waals surface area contributed by atoms with Crippen LogP contribution in [-0.2, 0) is 14.3 Å². The lowest BCUT2D eigenvalue weighted by Gasteiger charge is -2.08. The van der Waals surface area contributed by atoms with Gasteiger partial charge in [0.1, 0.15) is 5.76 Å². The summed E-state index contributed by atoms with van der Waals surface area (Å²) in [6.45, 7) is 0.942. The molecule has 1 saturated carbocycles. The summed E-state index contributed by atoms with van der Waals surface area (Å²) in [4.78, 5) is 22.8. The summed E-state index contributed by atoms with van der Waals surface area (Å²) >= 11 is 0. The molecule has 1 aliphatic heterocycles. The molecular weight excluding hydrogens is 234 g/mol. The van der Waals surface area contributed by atoms with E-state index in [-0.39, 0.29) is 29.6 Å². The maximum atomic E-state index is 11.8. The minimum absolute atomic E-state index is 0.0379. The molecule has 1 aromatic heterocycles. The van der Waals surface area contributed by atoms with E-state index in [0.29, 0.717) is 19.6 Å². The minimum atomic E-state index is -0.171. The fourth-order valence-corrected chi connectivity index (χ4v) is 2.36. The van der Waals surface area contributed by atoms with Crippen LogP contribution in [0.2, 0.25) is 0 Å². The van der Waals surface area contributed by atoms with Crippen LogP contribution in [0.1, 0.15) is 24.5 Å². The summed E-state index contributed by atoms with van der Waals surface area (Å²) in [6, 6.07) is 3.71. The number of esters is 1. The third kappa shape index (κ3) is 2.25. The number of amides is 1. The predicted octanol–water partition coefficient (Wildman–Crippen LogP) is 1.06. The summed E-state index contributed by atoms with van der Waals surface area (Å²) in [5.41, 5.74) is 0. The molecule has 1 aromatic rings. The Morgan fingerprint density at radius 1 is 1.56 bits per heavy atom. The molecule has 1 amide bonds. The summed E-state index contributed by atoms with van der Waals surface area (Å²) < 4.78 is 10.5. The molecule has 1 N–H and O–H groups in total. The Kier molecular flexibility index (Phi) is 2.81. The van der Waals surface area contributed by atoms with Gasteiger partial charge in [-0.25, -0.2) is 0 Å². The van der Waals surface area contributed by atoms with Gasteiger partial charge in [-0.3, -0.25) is 9.59 Å². The second-order valence-corrected chi connectivity index (χ2v) is 4.97. The van der Waals surface area contributed by atoms with Gasteiger partial charge in [0.15, 0.2) is 0 Å². The molecule has 1 saturated heterocycles. The number of furan rings is 1. The van der Waals surface area contributed by atoms with Crippen molar-refractivity contribution in [2.24, 2.45) is 11.8 Å². The van der Waals surface area contributed by atoms with Gasteiger partial charge in [-0.05, 0) is 18.6 Å². The summed E-state index contributed by atoms with van der Waals surface area (Å²) in [7, 11) is 0. The van der Waals surface area contributed by atoms with Crippen molar-refractivity contribution in [1.82, 2.24) is 5.32 Å². The van der Waals surface area contributed by atoms with Crippen LogP contribution >= 0.6 is 0 Å². The Morgan fingerprint density at radius 2 is 2.44 bits per heavy atom. The first-order chi connectivity index (χ1) is 8.74. The average molecular weight is 249 g/mol. The Morgan fingerprint density at radius 3 is 3.11 bits per heavy atom. The average Bonchev–Trinajstić information content (AvgIpc) is 2.79. The molecule has 2 fully saturated rings. The first kappa shape index (κ1) is 11.3. The molecule has 3 atom stereocenters. The zero-order valence-corrected chi connectivity index (χ0v) is 9.93. The fraction of sp³-hybridized carbons (Fsp3) is 0.538. The van der Waals surface area contributed by atoms with Gasteiger partial charge in [-0.2, -0.15) is 0 Å². The largest absolute Gasteiger partial charge is 0.469 e. The molecule has 1 aliphatic carbocycles. The second-order valence-electron chi connectivity index (χ2n) is 4.97. The Labute approximate surface area is 104 Å². The normalized spacial score (nSPS) is 30.0. The minimum Gasteiger partial charge on any atom is -0.469 e. The highest BCUT2D eigenvalue weighted by molar-refractivity contribution is 5.79. The van der Waals surface area contributed by atoms with Crippen LogP contribution in [-0.4, -0.2) is 25.0 Å². The topological polar surface area (TPSA) is 68.5 Å². The van der Waals surface area contributed by atoms with E-state index < -0.39 is 0 Å². The van der Waals surface area contributed by atoms with Crippen LogP contribution in [0.5, 0.6) is 0 Å². The first-order valence-electron chi connectivity index (χ1n) is 6.21. The van der Waals surface area contributed by atoms with Crippen molar-refractivity contribution in [2.75, 3.05) is 13.2 Å². The van der Waals surface area contributed by atoms with E-state index in [1.807, 2.05) is 12.1 Å². The van der Waals surface area contributed by atoms with E-state index in [4.69, 9.17) is 9.15 Å². The van der Waals surface area contributed by atoms with Crippen LogP contribution in [0.15, 0.2) is 22.8 Å². The molecule has 0 aromatic carbocycles. The maximum Gasteiger partial charge on any atom is 0.309 e. The smallest absolute Gasteiger partial charge is 0.309 e. The fourth-order valence-electron chi connectivity index (χ4n) is 2.36. The van der Waals surface area contributed by atoms with Crippen molar-refractivity contribution >= 4 is 11.9 Å². The third-order valence-corrected chi connectivity index (χ3v) is 3.53. The summed E-state index contributed by atoms with van der Waals surface area (Å²) in [5, 5.41) is 2.72. The van der Waals surface area contributed by atoms with Crippen molar-refractivity contribution < 1.29 is 18.7 Å². The SMILES string of the molecule is O=C1C[C@H](COC(=O)[C@H]2C[C@@H]2c2ccco2)CN1. The zero-order chi connectivity index (χ0) is 12.5. The molecule has 0 unspecified atom stereocenters. The van der Waals surface area contributed by atoms with E-state index >= 15 is 0 Å². The van der Waals surface area contributed by atoms with Gasteiger partial charge in [-0.1, -0.05) is 0 Å². The van der Waals surface area contributed by atoms with Crippen molar-refractivity contribution in [1.29, 1.82) is 0 Å². The maximum absolute atomic E-state index is 11.8. The van der Waals surface area contributed by atoms with Gasteiger partial charge in [-0.15, -0.1) is 0 Å². The van der Waals surface area contributed by atoms with Crippen LogP contribution in [0.3, 0.4) is 0 Å². The van der Waals surface area contributed by atoms with E-state index in [1.165, 1.54) is 0 Å². The van der Waals surface area contributed by atoms with Crippen molar-refractivity contribution in [2.45, 2.75) is 18.8 Å². The molecule has 3 rings (SSSR count). The Balaban J connectivity index is 1.45. The number of hydrogen-bond donors (Lipinski definition) is 1. The second kappa shape index (κ2) is 4.48. The van der Waals surface area contributed by atoms with Gasteiger partial charge in [0.25, 0.3) is 0 Å². The van der Waals surface area contributed by atoms with Gasteiger partial charge in [0, 0.05) is 24.8 Å². The summed E-state index contributed by atoms with van der Waals surface area (Å²) in [6.07, 6.45) is 2.87. The van der Waals surface area contributed by atoms with Crippen LogP contribution < -0.4 is 5.32 Å². The van der Waals surface area contributed by atoms with E-state index in [0.717, 1.165) is 12.2 Å². The standard InChI is InChI=1S/C13H15NO4/c15-12-4-8(6-14-12)7-18-13(16)10-5-9(10)11-2-1-3-17-11/h1-3,8-10H,4-7H2,(H,14,15)/t8-,9-,10-/m0/s1. The van der Waals surface area contributed by atoms with Gasteiger partial charge >= 0.3 is 5.97 Å². The van der Waals surface area contributed by atoms with Crippen LogP contribution in [0.4, 0.5) is 0 Å². The Hall–Kier alpha value is -1.78. The van der Waals surface area contributed by atoms with Crippen LogP contribution in [0, 0.1) is 11.8 Å².